The number of rotatable bonds is 3. The van der Waals surface area contributed by atoms with Gasteiger partial charge in [-0.2, -0.15) is 0 Å². The molecular formula is C16H31NO. The Hall–Kier alpha value is -0.0800. The van der Waals surface area contributed by atoms with E-state index in [2.05, 4.69) is 20.8 Å². The molecule has 0 spiro atoms. The van der Waals surface area contributed by atoms with Crippen molar-refractivity contribution in [3.05, 3.63) is 0 Å². The van der Waals surface area contributed by atoms with Gasteiger partial charge in [0.25, 0.3) is 0 Å². The van der Waals surface area contributed by atoms with Crippen LogP contribution in [0.1, 0.15) is 65.7 Å². The Kier molecular flexibility index (Phi) is 5.08. The molecular weight excluding hydrogens is 222 g/mol. The van der Waals surface area contributed by atoms with Gasteiger partial charge in [0.05, 0.1) is 12.2 Å². The number of ether oxygens (including phenoxy) is 1. The normalized spacial score (nSPS) is 42.2. The maximum absolute atomic E-state index is 6.37. The van der Waals surface area contributed by atoms with E-state index < -0.39 is 0 Å². The number of nitrogens with two attached hydrogens (primary N) is 1. The first-order valence-corrected chi connectivity index (χ1v) is 7.97. The van der Waals surface area contributed by atoms with Crippen LogP contribution in [0.25, 0.3) is 0 Å². The first-order chi connectivity index (χ1) is 8.56. The van der Waals surface area contributed by atoms with Crippen LogP contribution in [0.5, 0.6) is 0 Å². The molecule has 0 amide bonds. The van der Waals surface area contributed by atoms with E-state index in [1.807, 2.05) is 0 Å². The van der Waals surface area contributed by atoms with Gasteiger partial charge in [0.1, 0.15) is 0 Å². The van der Waals surface area contributed by atoms with Gasteiger partial charge in [-0.15, -0.1) is 0 Å². The van der Waals surface area contributed by atoms with Crippen LogP contribution in [0.4, 0.5) is 0 Å². The van der Waals surface area contributed by atoms with E-state index in [0.29, 0.717) is 12.2 Å². The minimum absolute atomic E-state index is 0.275. The average molecular weight is 253 g/mol. The van der Waals surface area contributed by atoms with Crippen LogP contribution < -0.4 is 5.73 Å². The Bertz CT molecular complexity index is 253. The minimum atomic E-state index is 0.275. The maximum Gasteiger partial charge on any atom is 0.0732 e. The Morgan fingerprint density at radius 1 is 1.06 bits per heavy atom. The zero-order valence-electron chi connectivity index (χ0n) is 12.4. The second-order valence-electron chi connectivity index (χ2n) is 7.05. The van der Waals surface area contributed by atoms with Crippen molar-refractivity contribution < 1.29 is 4.74 Å². The lowest BCUT2D eigenvalue weighted by Crippen LogP contribution is -2.45. The SMILES string of the molecule is CC1CCCC(OC2CC(C(C)C)CCC2N)C1. The Morgan fingerprint density at radius 3 is 2.50 bits per heavy atom. The predicted molar refractivity (Wildman–Crippen MR) is 76.4 cm³/mol. The fourth-order valence-corrected chi connectivity index (χ4v) is 3.69. The maximum atomic E-state index is 6.37. The highest BCUT2D eigenvalue weighted by Gasteiger charge is 2.32. The van der Waals surface area contributed by atoms with Gasteiger partial charge in [0, 0.05) is 6.04 Å². The molecule has 2 N–H and O–H groups in total. The third-order valence-electron chi connectivity index (χ3n) is 5.08. The summed E-state index contributed by atoms with van der Waals surface area (Å²) in [6.07, 6.45) is 9.64. The van der Waals surface area contributed by atoms with Crippen LogP contribution in [0.15, 0.2) is 0 Å². The summed E-state index contributed by atoms with van der Waals surface area (Å²) in [7, 11) is 0. The standard InChI is InChI=1S/C16H31NO/c1-11(2)13-7-8-15(17)16(10-13)18-14-6-4-5-12(3)9-14/h11-16H,4-10,17H2,1-3H3. The quantitative estimate of drug-likeness (QED) is 0.831. The molecule has 5 atom stereocenters. The Balaban J connectivity index is 1.86. The van der Waals surface area contributed by atoms with Gasteiger partial charge in [-0.05, 0) is 49.9 Å². The molecule has 2 saturated carbocycles. The van der Waals surface area contributed by atoms with Crippen molar-refractivity contribution in [2.75, 3.05) is 0 Å². The summed E-state index contributed by atoms with van der Waals surface area (Å²) >= 11 is 0. The van der Waals surface area contributed by atoms with Gasteiger partial charge in [0.15, 0.2) is 0 Å². The van der Waals surface area contributed by atoms with Crippen LogP contribution in [0.2, 0.25) is 0 Å². The number of hydrogen-bond acceptors (Lipinski definition) is 2. The Labute approximate surface area is 113 Å². The molecule has 2 aliphatic carbocycles. The van der Waals surface area contributed by atoms with Crippen molar-refractivity contribution in [3.63, 3.8) is 0 Å². The van der Waals surface area contributed by atoms with Crippen LogP contribution in [0.3, 0.4) is 0 Å². The van der Waals surface area contributed by atoms with Crippen molar-refractivity contribution in [2.45, 2.75) is 84.0 Å². The van der Waals surface area contributed by atoms with Gasteiger partial charge >= 0.3 is 0 Å². The van der Waals surface area contributed by atoms with E-state index in [0.717, 1.165) is 24.2 Å². The molecule has 0 aromatic carbocycles. The largest absolute Gasteiger partial charge is 0.373 e. The molecule has 2 rings (SSSR count). The molecule has 0 aliphatic heterocycles. The third-order valence-corrected chi connectivity index (χ3v) is 5.08. The molecule has 2 nitrogen and oxygen atoms in total. The fraction of sp³-hybridized carbons (Fsp3) is 1.00. The smallest absolute Gasteiger partial charge is 0.0732 e. The summed E-state index contributed by atoms with van der Waals surface area (Å²) in [5.74, 6) is 2.43. The van der Waals surface area contributed by atoms with Gasteiger partial charge < -0.3 is 10.5 Å². The first kappa shape index (κ1) is 14.3. The molecule has 106 valence electrons. The fourth-order valence-electron chi connectivity index (χ4n) is 3.69. The monoisotopic (exact) mass is 253 g/mol. The zero-order chi connectivity index (χ0) is 13.1. The summed E-state index contributed by atoms with van der Waals surface area (Å²) in [6.45, 7) is 7.02. The lowest BCUT2D eigenvalue weighted by molar-refractivity contribution is -0.0735. The van der Waals surface area contributed by atoms with Crippen molar-refractivity contribution in [1.82, 2.24) is 0 Å². The average Bonchev–Trinajstić information content (AvgIpc) is 2.31. The summed E-state index contributed by atoms with van der Waals surface area (Å²) in [4.78, 5) is 0. The molecule has 2 heteroatoms. The van der Waals surface area contributed by atoms with E-state index in [9.17, 15) is 0 Å². The van der Waals surface area contributed by atoms with E-state index in [1.54, 1.807) is 0 Å². The second kappa shape index (κ2) is 6.38. The van der Waals surface area contributed by atoms with E-state index in [1.165, 1.54) is 38.5 Å². The highest BCUT2D eigenvalue weighted by atomic mass is 16.5. The molecule has 0 aromatic heterocycles. The van der Waals surface area contributed by atoms with Crippen molar-refractivity contribution >= 4 is 0 Å². The minimum Gasteiger partial charge on any atom is -0.373 e. The van der Waals surface area contributed by atoms with Gasteiger partial charge in [-0.25, -0.2) is 0 Å². The van der Waals surface area contributed by atoms with Crippen molar-refractivity contribution in [3.8, 4) is 0 Å². The summed E-state index contributed by atoms with van der Waals surface area (Å²) in [5.41, 5.74) is 6.27. The van der Waals surface area contributed by atoms with E-state index in [-0.39, 0.29) is 6.04 Å². The molecule has 0 radical (unpaired) electrons. The van der Waals surface area contributed by atoms with Gasteiger partial charge in [0.2, 0.25) is 0 Å². The van der Waals surface area contributed by atoms with E-state index >= 15 is 0 Å². The summed E-state index contributed by atoms with van der Waals surface area (Å²) in [5, 5.41) is 0. The molecule has 2 aliphatic rings. The zero-order valence-corrected chi connectivity index (χ0v) is 12.4. The van der Waals surface area contributed by atoms with Crippen molar-refractivity contribution in [1.29, 1.82) is 0 Å². The van der Waals surface area contributed by atoms with E-state index in [4.69, 9.17) is 10.5 Å². The van der Waals surface area contributed by atoms with Crippen LogP contribution in [0, 0.1) is 17.8 Å². The second-order valence-corrected chi connectivity index (χ2v) is 7.05. The topological polar surface area (TPSA) is 35.2 Å². The molecule has 0 bridgehead atoms. The molecule has 18 heavy (non-hydrogen) atoms. The Morgan fingerprint density at radius 2 is 1.83 bits per heavy atom. The lowest BCUT2D eigenvalue weighted by Gasteiger charge is -2.39. The molecule has 2 fully saturated rings. The highest BCUT2D eigenvalue weighted by Crippen LogP contribution is 2.34. The lowest BCUT2D eigenvalue weighted by atomic mass is 9.78. The van der Waals surface area contributed by atoms with Crippen LogP contribution >= 0.6 is 0 Å². The van der Waals surface area contributed by atoms with Gasteiger partial charge in [-0.1, -0.05) is 33.6 Å². The summed E-state index contributed by atoms with van der Waals surface area (Å²) in [6, 6.07) is 0.275. The third kappa shape index (κ3) is 3.71. The molecule has 5 unspecified atom stereocenters. The van der Waals surface area contributed by atoms with Gasteiger partial charge in [-0.3, -0.25) is 0 Å². The predicted octanol–water partition coefficient (Wildman–Crippen LogP) is 3.73. The molecule has 0 aromatic rings. The number of hydrogen-bond donors (Lipinski definition) is 1. The molecule has 0 heterocycles. The molecule has 0 saturated heterocycles. The van der Waals surface area contributed by atoms with Crippen LogP contribution in [-0.4, -0.2) is 18.2 Å². The highest BCUT2D eigenvalue weighted by molar-refractivity contribution is 4.86. The van der Waals surface area contributed by atoms with Crippen LogP contribution in [-0.2, 0) is 4.74 Å². The first-order valence-electron chi connectivity index (χ1n) is 7.97. The summed E-state index contributed by atoms with van der Waals surface area (Å²) < 4.78 is 6.37. The van der Waals surface area contributed by atoms with Crippen molar-refractivity contribution in [2.24, 2.45) is 23.5 Å².